The Hall–Kier alpha value is -0.500. The van der Waals surface area contributed by atoms with Crippen molar-refractivity contribution in [3.63, 3.8) is 0 Å². The molecule has 2 N–H and O–H groups in total. The zero-order chi connectivity index (χ0) is 9.90. The van der Waals surface area contributed by atoms with Crippen LogP contribution in [0.15, 0.2) is 12.3 Å². The van der Waals surface area contributed by atoms with Gasteiger partial charge in [0.1, 0.15) is 5.60 Å². The zero-order valence-corrected chi connectivity index (χ0v) is 9.73. The van der Waals surface area contributed by atoms with Crippen LogP contribution < -0.4 is 0 Å². The summed E-state index contributed by atoms with van der Waals surface area (Å²) in [6, 6.07) is 0. The molecular weight excluding hydrogens is 176 g/mol. The van der Waals surface area contributed by atoms with Gasteiger partial charge in [0.25, 0.3) is 0 Å². The predicted molar refractivity (Wildman–Crippen MR) is 60.2 cm³/mol. The van der Waals surface area contributed by atoms with Gasteiger partial charge in [-0.2, -0.15) is 0 Å². The Balaban J connectivity index is 0.00000169. The second-order valence-corrected chi connectivity index (χ2v) is 4.47. The fourth-order valence-corrected chi connectivity index (χ4v) is 1.94. The highest BCUT2D eigenvalue weighted by Gasteiger charge is 2.34. The lowest BCUT2D eigenvalue weighted by molar-refractivity contribution is -0.00645. The van der Waals surface area contributed by atoms with Gasteiger partial charge in [0.05, 0.1) is 5.76 Å². The summed E-state index contributed by atoms with van der Waals surface area (Å²) in [5.41, 5.74) is 0.140. The molecule has 0 aliphatic heterocycles. The van der Waals surface area contributed by atoms with Gasteiger partial charge in [-0.15, -0.1) is 0 Å². The van der Waals surface area contributed by atoms with Crippen molar-refractivity contribution >= 4 is 0 Å². The van der Waals surface area contributed by atoms with Crippen LogP contribution in [0.25, 0.3) is 0 Å². The van der Waals surface area contributed by atoms with Crippen molar-refractivity contribution in [1.82, 2.24) is 0 Å². The summed E-state index contributed by atoms with van der Waals surface area (Å²) < 4.78 is 6.02. The Kier molecular flexibility index (Phi) is 5.21. The first kappa shape index (κ1) is 13.5. The minimum atomic E-state index is 0. The molecule has 0 heterocycles. The van der Waals surface area contributed by atoms with Crippen molar-refractivity contribution in [2.24, 2.45) is 5.92 Å². The molecule has 0 aromatic heterocycles. The summed E-state index contributed by atoms with van der Waals surface area (Å²) in [7, 11) is 0. The van der Waals surface area contributed by atoms with Gasteiger partial charge in [-0.1, -0.05) is 27.4 Å². The first-order chi connectivity index (χ1) is 6.09. The van der Waals surface area contributed by atoms with Crippen LogP contribution in [-0.2, 0) is 4.74 Å². The second kappa shape index (κ2) is 5.40. The van der Waals surface area contributed by atoms with Gasteiger partial charge < -0.3 is 10.2 Å². The fourth-order valence-electron chi connectivity index (χ4n) is 1.94. The highest BCUT2D eigenvalue weighted by atomic mass is 16.5. The molecule has 0 radical (unpaired) electrons. The van der Waals surface area contributed by atoms with E-state index in [1.165, 1.54) is 25.7 Å². The number of ether oxygens (including phenoxy) is 1. The maximum absolute atomic E-state index is 6.02. The normalized spacial score (nSPS) is 19.1. The van der Waals surface area contributed by atoms with E-state index in [0.717, 1.165) is 12.2 Å². The molecular formula is C12H24O2. The number of rotatable bonds is 4. The van der Waals surface area contributed by atoms with Crippen LogP contribution in [-0.4, -0.2) is 11.1 Å². The smallest absolute Gasteiger partial charge is 0.108 e. The van der Waals surface area contributed by atoms with Gasteiger partial charge in [-0.3, -0.25) is 0 Å². The summed E-state index contributed by atoms with van der Waals surface area (Å²) in [5, 5.41) is 0. The average molecular weight is 200 g/mol. The van der Waals surface area contributed by atoms with Gasteiger partial charge in [0.2, 0.25) is 0 Å². The summed E-state index contributed by atoms with van der Waals surface area (Å²) >= 11 is 0. The molecule has 0 atom stereocenters. The predicted octanol–water partition coefficient (Wildman–Crippen LogP) is 3.07. The number of allylic oxidation sites excluding steroid dienone is 1. The Morgan fingerprint density at radius 1 is 1.36 bits per heavy atom. The van der Waals surface area contributed by atoms with Crippen LogP contribution in [0.3, 0.4) is 0 Å². The molecule has 0 unspecified atom stereocenters. The monoisotopic (exact) mass is 200 g/mol. The van der Waals surface area contributed by atoms with Gasteiger partial charge >= 0.3 is 0 Å². The summed E-state index contributed by atoms with van der Waals surface area (Å²) in [4.78, 5) is 0. The number of hydrogen-bond donors (Lipinski definition) is 0. The molecule has 0 saturated heterocycles. The molecule has 84 valence electrons. The minimum absolute atomic E-state index is 0. The number of hydrogen-bond acceptors (Lipinski definition) is 1. The van der Waals surface area contributed by atoms with Crippen molar-refractivity contribution in [1.29, 1.82) is 0 Å². The Morgan fingerprint density at radius 2 is 1.86 bits per heavy atom. The third kappa shape index (κ3) is 3.02. The maximum atomic E-state index is 6.02. The highest BCUT2D eigenvalue weighted by Crippen LogP contribution is 2.38. The largest absolute Gasteiger partial charge is 0.492 e. The fraction of sp³-hybridized carbons (Fsp3) is 0.833. The molecule has 14 heavy (non-hydrogen) atoms. The third-order valence-electron chi connectivity index (χ3n) is 3.15. The van der Waals surface area contributed by atoms with Gasteiger partial charge in [0.15, 0.2) is 0 Å². The maximum Gasteiger partial charge on any atom is 0.108 e. The van der Waals surface area contributed by atoms with Crippen molar-refractivity contribution in [2.45, 2.75) is 58.5 Å². The van der Waals surface area contributed by atoms with Crippen LogP contribution in [0.5, 0.6) is 0 Å². The van der Waals surface area contributed by atoms with Crippen molar-refractivity contribution < 1.29 is 10.2 Å². The first-order valence-electron chi connectivity index (χ1n) is 5.47. The molecule has 1 saturated carbocycles. The molecule has 0 spiro atoms. The molecule has 1 aliphatic rings. The molecule has 0 amide bonds. The molecule has 2 nitrogen and oxygen atoms in total. The Bertz CT molecular complexity index is 179. The van der Waals surface area contributed by atoms with E-state index >= 15 is 0 Å². The lowest BCUT2D eigenvalue weighted by Crippen LogP contribution is -2.28. The Labute approximate surface area is 87.7 Å². The van der Waals surface area contributed by atoms with Crippen LogP contribution in [0.4, 0.5) is 0 Å². The molecule has 1 aliphatic carbocycles. The second-order valence-electron chi connectivity index (χ2n) is 4.47. The molecule has 0 aromatic carbocycles. The van der Waals surface area contributed by atoms with Gasteiger partial charge in [-0.25, -0.2) is 0 Å². The zero-order valence-electron chi connectivity index (χ0n) is 9.73. The van der Waals surface area contributed by atoms with Crippen LogP contribution in [0, 0.1) is 5.92 Å². The van der Waals surface area contributed by atoms with E-state index in [2.05, 4.69) is 27.4 Å². The average Bonchev–Trinajstić information content (AvgIpc) is 2.54. The standard InChI is InChI=1S/C12H22O.H2O/c1-5-12(8-6-7-9-12)13-11(4)10(2)3;/h10H,4-9H2,1-3H3;1H2. The highest BCUT2D eigenvalue weighted by molar-refractivity contribution is 4.95. The Morgan fingerprint density at radius 3 is 2.21 bits per heavy atom. The molecule has 1 fully saturated rings. The van der Waals surface area contributed by atoms with Crippen LogP contribution in [0.1, 0.15) is 52.9 Å². The van der Waals surface area contributed by atoms with Crippen LogP contribution >= 0.6 is 0 Å². The SMILES string of the molecule is C=C(OC1(CC)CCCC1)C(C)C.O. The first-order valence-corrected chi connectivity index (χ1v) is 5.47. The van der Waals surface area contributed by atoms with E-state index < -0.39 is 0 Å². The van der Waals surface area contributed by atoms with E-state index in [-0.39, 0.29) is 11.1 Å². The molecule has 0 bridgehead atoms. The van der Waals surface area contributed by atoms with Crippen molar-refractivity contribution in [3.8, 4) is 0 Å². The van der Waals surface area contributed by atoms with E-state index in [9.17, 15) is 0 Å². The minimum Gasteiger partial charge on any atom is -0.492 e. The quantitative estimate of drug-likeness (QED) is 0.643. The summed E-state index contributed by atoms with van der Waals surface area (Å²) in [5.74, 6) is 1.41. The van der Waals surface area contributed by atoms with E-state index in [0.29, 0.717) is 5.92 Å². The van der Waals surface area contributed by atoms with E-state index in [1.807, 2.05) is 0 Å². The van der Waals surface area contributed by atoms with Crippen molar-refractivity contribution in [2.75, 3.05) is 0 Å². The van der Waals surface area contributed by atoms with Gasteiger partial charge in [0, 0.05) is 5.92 Å². The lowest BCUT2D eigenvalue weighted by Gasteiger charge is -2.31. The summed E-state index contributed by atoms with van der Waals surface area (Å²) in [6.45, 7) is 10.5. The van der Waals surface area contributed by atoms with E-state index in [1.54, 1.807) is 0 Å². The van der Waals surface area contributed by atoms with Crippen LogP contribution in [0.2, 0.25) is 0 Å². The molecule has 1 rings (SSSR count). The molecule has 0 aromatic rings. The third-order valence-corrected chi connectivity index (χ3v) is 3.15. The lowest BCUT2D eigenvalue weighted by atomic mass is 9.98. The topological polar surface area (TPSA) is 40.7 Å². The van der Waals surface area contributed by atoms with Crippen molar-refractivity contribution in [3.05, 3.63) is 12.3 Å². The van der Waals surface area contributed by atoms with E-state index in [4.69, 9.17) is 4.74 Å². The summed E-state index contributed by atoms with van der Waals surface area (Å²) in [6.07, 6.45) is 6.20. The molecule has 2 heteroatoms. The van der Waals surface area contributed by atoms with Gasteiger partial charge in [-0.05, 0) is 32.1 Å².